The fourth-order valence-corrected chi connectivity index (χ4v) is 7.33. The van der Waals surface area contributed by atoms with E-state index in [0.717, 1.165) is 6.42 Å². The minimum Gasteiger partial charge on any atom is -1.00 e. The number of halogens is 3. The van der Waals surface area contributed by atoms with E-state index in [1.165, 1.54) is 22.3 Å². The molecule has 27 heavy (non-hydrogen) atoms. The summed E-state index contributed by atoms with van der Waals surface area (Å²) >= 11 is 2.42. The van der Waals surface area contributed by atoms with Gasteiger partial charge in [0, 0.05) is 0 Å². The molecule has 1 atom stereocenters. The third-order valence-corrected chi connectivity index (χ3v) is 12.7. The summed E-state index contributed by atoms with van der Waals surface area (Å²) in [5, 5.41) is 1.56. The molecule has 1 aliphatic rings. The van der Waals surface area contributed by atoms with Crippen molar-refractivity contribution in [1.82, 2.24) is 0 Å². The first-order valence-electron chi connectivity index (χ1n) is 8.59. The Labute approximate surface area is 195 Å². The van der Waals surface area contributed by atoms with Crippen molar-refractivity contribution >= 4 is 13.3 Å². The zero-order chi connectivity index (χ0) is 17.4. The van der Waals surface area contributed by atoms with Crippen LogP contribution in [0.2, 0.25) is 16.4 Å². The molecular weight excluding hydrogens is 447 g/mol. The Kier molecular flexibility index (Phi) is 10.4. The van der Waals surface area contributed by atoms with E-state index in [1.54, 1.807) is 5.19 Å². The van der Waals surface area contributed by atoms with Gasteiger partial charge in [0.05, 0.1) is 0 Å². The largest absolute Gasteiger partial charge is 1.00 e. The number of aryl methyl sites for hydroxylation is 2. The van der Waals surface area contributed by atoms with Crippen LogP contribution in [-0.4, -0.2) is 8.07 Å². The van der Waals surface area contributed by atoms with Gasteiger partial charge in [0.15, 0.2) is 0 Å². The summed E-state index contributed by atoms with van der Waals surface area (Å²) in [5.41, 5.74) is 5.60. The van der Waals surface area contributed by atoms with Gasteiger partial charge >= 0.3 is 159 Å². The molecule has 2 aromatic carbocycles. The first-order valence-corrected chi connectivity index (χ1v) is 12.4. The molecular formula is C22H25Cl3SiTi. The van der Waals surface area contributed by atoms with Gasteiger partial charge in [-0.15, -0.1) is 0 Å². The van der Waals surface area contributed by atoms with Gasteiger partial charge in [-0.3, -0.25) is 0 Å². The van der Waals surface area contributed by atoms with Gasteiger partial charge in [-0.1, -0.05) is 0 Å². The SMILES string of the molecule is Cc1cc(C)cc([Si](C)(C)[C]2([Ti+3])C=CC(Cc3ccccc3)=C2)c1.[Cl-].[Cl-].[Cl-]. The first-order chi connectivity index (χ1) is 11.3. The van der Waals surface area contributed by atoms with Gasteiger partial charge in [0.25, 0.3) is 0 Å². The Morgan fingerprint density at radius 3 is 2.00 bits per heavy atom. The van der Waals surface area contributed by atoms with E-state index < -0.39 is 8.07 Å². The van der Waals surface area contributed by atoms with Crippen LogP contribution in [0.25, 0.3) is 0 Å². The summed E-state index contributed by atoms with van der Waals surface area (Å²) < 4.78 is 0.178. The van der Waals surface area contributed by atoms with E-state index in [0.29, 0.717) is 0 Å². The average Bonchev–Trinajstić information content (AvgIpc) is 2.90. The number of hydrogen-bond acceptors (Lipinski definition) is 0. The average molecular weight is 472 g/mol. The predicted molar refractivity (Wildman–Crippen MR) is 103 cm³/mol. The second-order valence-electron chi connectivity index (χ2n) is 7.59. The van der Waals surface area contributed by atoms with E-state index >= 15 is 0 Å². The molecule has 142 valence electrons. The summed E-state index contributed by atoms with van der Waals surface area (Å²) in [6.45, 7) is 9.44. The van der Waals surface area contributed by atoms with Crippen LogP contribution in [0.5, 0.6) is 0 Å². The molecule has 0 radical (unpaired) electrons. The second kappa shape index (κ2) is 10.5. The third kappa shape index (κ3) is 5.85. The molecule has 0 aromatic heterocycles. The quantitative estimate of drug-likeness (QED) is 0.402. The van der Waals surface area contributed by atoms with Crippen LogP contribution in [0, 0.1) is 13.8 Å². The minimum atomic E-state index is -1.66. The normalized spacial score (nSPS) is 18.1. The Morgan fingerprint density at radius 2 is 1.44 bits per heavy atom. The van der Waals surface area contributed by atoms with E-state index in [-0.39, 0.29) is 40.6 Å². The fraction of sp³-hybridized carbons (Fsp3) is 0.273. The molecule has 3 rings (SSSR count). The molecule has 2 aromatic rings. The van der Waals surface area contributed by atoms with Crippen LogP contribution < -0.4 is 42.4 Å². The maximum Gasteiger partial charge on any atom is -1.00 e. The van der Waals surface area contributed by atoms with E-state index in [9.17, 15) is 0 Å². The van der Waals surface area contributed by atoms with Crippen LogP contribution in [0.15, 0.2) is 72.3 Å². The van der Waals surface area contributed by atoms with Crippen LogP contribution in [-0.2, 0) is 26.9 Å². The summed E-state index contributed by atoms with van der Waals surface area (Å²) in [4.78, 5) is 0. The molecule has 0 bridgehead atoms. The van der Waals surface area contributed by atoms with Crippen LogP contribution in [0.4, 0.5) is 0 Å². The van der Waals surface area contributed by atoms with Gasteiger partial charge in [0.1, 0.15) is 0 Å². The maximum atomic E-state index is 2.53. The Morgan fingerprint density at radius 1 is 0.889 bits per heavy atom. The topological polar surface area (TPSA) is 0 Å². The van der Waals surface area contributed by atoms with Crippen molar-refractivity contribution in [3.05, 3.63) is 89.0 Å². The standard InChI is InChI=1S/C22H25Si.3ClH.Ti/c1-17-12-18(2)14-22(13-17)23(3,4)21-11-10-20(16-21)15-19-8-6-5-7-9-19;;;;/h5-14,16H,15H2,1-4H3;3*1H;/q;;;;+3/p-3. The van der Waals surface area contributed by atoms with E-state index in [2.05, 4.69) is 114 Å². The zero-order valence-electron chi connectivity index (χ0n) is 16.2. The molecule has 0 saturated heterocycles. The van der Waals surface area contributed by atoms with E-state index in [1.807, 2.05) is 0 Å². The molecule has 1 unspecified atom stereocenters. The summed E-state index contributed by atoms with van der Waals surface area (Å²) in [7, 11) is -1.66. The number of benzene rings is 2. The molecule has 0 heterocycles. The van der Waals surface area contributed by atoms with Crippen molar-refractivity contribution in [2.24, 2.45) is 0 Å². The molecule has 0 N–H and O–H groups in total. The van der Waals surface area contributed by atoms with Crippen molar-refractivity contribution in [2.75, 3.05) is 0 Å². The van der Waals surface area contributed by atoms with Gasteiger partial charge < -0.3 is 37.2 Å². The van der Waals surface area contributed by atoms with Crippen molar-refractivity contribution in [1.29, 1.82) is 0 Å². The van der Waals surface area contributed by atoms with Crippen molar-refractivity contribution in [3.8, 4) is 0 Å². The molecule has 0 spiro atoms. The monoisotopic (exact) mass is 470 g/mol. The number of hydrogen-bond donors (Lipinski definition) is 0. The molecule has 0 aliphatic heterocycles. The van der Waals surface area contributed by atoms with Gasteiger partial charge in [0.2, 0.25) is 0 Å². The van der Waals surface area contributed by atoms with Crippen LogP contribution in [0.3, 0.4) is 0 Å². The van der Waals surface area contributed by atoms with Crippen molar-refractivity contribution in [2.45, 2.75) is 36.7 Å². The van der Waals surface area contributed by atoms with Crippen LogP contribution in [0.1, 0.15) is 16.7 Å². The first kappa shape index (κ1) is 26.7. The summed E-state index contributed by atoms with van der Waals surface area (Å²) in [6.07, 6.45) is 8.37. The predicted octanol–water partition coefficient (Wildman–Crippen LogP) is -3.79. The van der Waals surface area contributed by atoms with Gasteiger partial charge in [-0.2, -0.15) is 0 Å². The zero-order valence-corrected chi connectivity index (χ0v) is 21.0. The number of allylic oxidation sites excluding steroid dienone is 4. The Balaban J connectivity index is 0.00000225. The van der Waals surface area contributed by atoms with Gasteiger partial charge in [-0.25, -0.2) is 0 Å². The summed E-state index contributed by atoms with van der Waals surface area (Å²) in [5.74, 6) is 0. The number of rotatable bonds is 4. The smallest absolute Gasteiger partial charge is 1.00 e. The molecule has 0 amide bonds. The van der Waals surface area contributed by atoms with Crippen LogP contribution >= 0.6 is 0 Å². The Bertz CT molecular complexity index is 795. The maximum absolute atomic E-state index is 2.53. The third-order valence-electron chi connectivity index (χ3n) is 5.20. The molecule has 0 fully saturated rings. The van der Waals surface area contributed by atoms with Crippen molar-refractivity contribution in [3.63, 3.8) is 0 Å². The molecule has 5 heteroatoms. The van der Waals surface area contributed by atoms with E-state index in [4.69, 9.17) is 0 Å². The van der Waals surface area contributed by atoms with Gasteiger partial charge in [-0.05, 0) is 0 Å². The molecule has 1 aliphatic carbocycles. The fourth-order valence-electron chi connectivity index (χ4n) is 3.53. The Hall–Kier alpha value is -0.279. The molecule has 0 nitrogen and oxygen atoms in total. The summed E-state index contributed by atoms with van der Waals surface area (Å²) in [6, 6.07) is 17.9. The second-order valence-corrected chi connectivity index (χ2v) is 14.3. The molecule has 0 saturated carbocycles. The minimum absolute atomic E-state index is 0. The van der Waals surface area contributed by atoms with Crippen molar-refractivity contribution < 1.29 is 57.7 Å².